The Kier molecular flexibility index (Phi) is 5.64. The highest BCUT2D eigenvalue weighted by atomic mass is 16.5. The maximum Gasteiger partial charge on any atom is 0.328 e. The molecule has 0 atom stereocenters. The van der Waals surface area contributed by atoms with Gasteiger partial charge in [-0.25, -0.2) is 4.79 Å². The molecular weight excluding hydrogens is 362 g/mol. The van der Waals surface area contributed by atoms with E-state index in [9.17, 15) is 14.4 Å². The number of hydrogen-bond donors (Lipinski definition) is 1. The number of carbonyl (C=O) groups excluding carboxylic acids is 1. The number of benzene rings is 1. The van der Waals surface area contributed by atoms with Crippen LogP contribution in [0.25, 0.3) is 11.4 Å². The fourth-order valence-corrected chi connectivity index (χ4v) is 2.58. The number of aryl methyl sites for hydroxylation is 1. The van der Waals surface area contributed by atoms with Crippen molar-refractivity contribution < 1.29 is 9.32 Å². The summed E-state index contributed by atoms with van der Waals surface area (Å²) in [4.78, 5) is 44.0. The quantitative estimate of drug-likeness (QED) is 0.613. The molecular formula is C19H19N5O4. The summed E-state index contributed by atoms with van der Waals surface area (Å²) >= 11 is 0. The van der Waals surface area contributed by atoms with Crippen molar-refractivity contribution in [3.63, 3.8) is 0 Å². The van der Waals surface area contributed by atoms with Crippen LogP contribution < -0.4 is 11.2 Å². The van der Waals surface area contributed by atoms with Gasteiger partial charge in [0.15, 0.2) is 0 Å². The van der Waals surface area contributed by atoms with Crippen LogP contribution in [0, 0.1) is 6.92 Å². The Morgan fingerprint density at radius 3 is 2.79 bits per heavy atom. The molecule has 0 saturated carbocycles. The lowest BCUT2D eigenvalue weighted by molar-refractivity contribution is -0.132. The summed E-state index contributed by atoms with van der Waals surface area (Å²) in [5.41, 5.74) is 0.0176. The van der Waals surface area contributed by atoms with Gasteiger partial charge in [0.05, 0.1) is 0 Å². The molecule has 0 saturated heterocycles. The van der Waals surface area contributed by atoms with Crippen molar-refractivity contribution >= 4 is 5.91 Å². The van der Waals surface area contributed by atoms with E-state index in [-0.39, 0.29) is 31.4 Å². The van der Waals surface area contributed by atoms with Crippen molar-refractivity contribution in [1.82, 2.24) is 24.6 Å². The predicted molar refractivity (Wildman–Crippen MR) is 101 cm³/mol. The molecule has 1 amide bonds. The summed E-state index contributed by atoms with van der Waals surface area (Å²) < 4.78 is 6.40. The van der Waals surface area contributed by atoms with Gasteiger partial charge < -0.3 is 9.42 Å². The summed E-state index contributed by atoms with van der Waals surface area (Å²) in [6, 6.07) is 9.32. The molecule has 3 rings (SSSR count). The monoisotopic (exact) mass is 381 g/mol. The summed E-state index contributed by atoms with van der Waals surface area (Å²) in [5.74, 6) is 0.334. The lowest BCUT2D eigenvalue weighted by Gasteiger charge is -2.19. The smallest absolute Gasteiger partial charge is 0.328 e. The van der Waals surface area contributed by atoms with E-state index in [0.717, 1.165) is 10.1 Å². The first-order valence-electron chi connectivity index (χ1n) is 8.55. The van der Waals surface area contributed by atoms with Gasteiger partial charge in [-0.1, -0.05) is 41.6 Å². The van der Waals surface area contributed by atoms with Crippen LogP contribution >= 0.6 is 0 Å². The van der Waals surface area contributed by atoms with Gasteiger partial charge >= 0.3 is 5.69 Å². The van der Waals surface area contributed by atoms with Gasteiger partial charge in [-0.05, 0) is 6.92 Å². The molecule has 1 aromatic carbocycles. The molecule has 2 heterocycles. The Morgan fingerprint density at radius 1 is 1.32 bits per heavy atom. The lowest BCUT2D eigenvalue weighted by atomic mass is 10.2. The lowest BCUT2D eigenvalue weighted by Crippen LogP contribution is -2.38. The fourth-order valence-electron chi connectivity index (χ4n) is 2.58. The molecule has 144 valence electrons. The fraction of sp³-hybridized carbons (Fsp3) is 0.211. The topological polar surface area (TPSA) is 114 Å². The third kappa shape index (κ3) is 4.32. The van der Waals surface area contributed by atoms with Crippen molar-refractivity contribution in [3.8, 4) is 11.4 Å². The molecule has 0 unspecified atom stereocenters. The van der Waals surface area contributed by atoms with E-state index >= 15 is 0 Å². The van der Waals surface area contributed by atoms with Crippen LogP contribution in [0.15, 0.2) is 63.3 Å². The van der Waals surface area contributed by atoms with E-state index in [1.54, 1.807) is 13.0 Å². The van der Waals surface area contributed by atoms with Crippen molar-refractivity contribution in [2.45, 2.75) is 20.0 Å². The Labute approximate surface area is 159 Å². The SMILES string of the molecule is C=CCN(Cc1nc(-c2ccccc2)no1)C(=O)Cn1cc(C)c(=O)[nH]c1=O. The van der Waals surface area contributed by atoms with Gasteiger partial charge in [0, 0.05) is 23.9 Å². The summed E-state index contributed by atoms with van der Waals surface area (Å²) in [5, 5.41) is 3.93. The predicted octanol–water partition coefficient (Wildman–Crippen LogP) is 1.11. The van der Waals surface area contributed by atoms with E-state index in [2.05, 4.69) is 21.7 Å². The van der Waals surface area contributed by atoms with E-state index in [1.165, 1.54) is 11.1 Å². The van der Waals surface area contributed by atoms with Gasteiger partial charge in [0.1, 0.15) is 13.1 Å². The van der Waals surface area contributed by atoms with Crippen LogP contribution in [0.3, 0.4) is 0 Å². The number of rotatable bonds is 7. The zero-order valence-electron chi connectivity index (χ0n) is 15.3. The number of nitrogens with one attached hydrogen (secondary N) is 1. The molecule has 28 heavy (non-hydrogen) atoms. The molecule has 0 bridgehead atoms. The van der Waals surface area contributed by atoms with Gasteiger partial charge in [-0.3, -0.25) is 19.1 Å². The summed E-state index contributed by atoms with van der Waals surface area (Å²) in [6.07, 6.45) is 2.92. The average Bonchev–Trinajstić information content (AvgIpc) is 3.15. The van der Waals surface area contributed by atoms with Crippen molar-refractivity contribution in [1.29, 1.82) is 0 Å². The second kappa shape index (κ2) is 8.30. The highest BCUT2D eigenvalue weighted by molar-refractivity contribution is 5.76. The van der Waals surface area contributed by atoms with E-state index in [4.69, 9.17) is 4.52 Å². The molecule has 0 fully saturated rings. The zero-order valence-corrected chi connectivity index (χ0v) is 15.3. The van der Waals surface area contributed by atoms with Crippen LogP contribution in [0.1, 0.15) is 11.5 Å². The van der Waals surface area contributed by atoms with Gasteiger partial charge in [0.25, 0.3) is 5.56 Å². The first kappa shape index (κ1) is 19.0. The average molecular weight is 381 g/mol. The maximum absolute atomic E-state index is 12.7. The van der Waals surface area contributed by atoms with Gasteiger partial charge in [-0.15, -0.1) is 6.58 Å². The number of H-pyrrole nitrogens is 1. The second-order valence-corrected chi connectivity index (χ2v) is 6.14. The molecule has 1 N–H and O–H groups in total. The minimum absolute atomic E-state index is 0.0712. The summed E-state index contributed by atoms with van der Waals surface area (Å²) in [6.45, 7) is 5.29. The molecule has 0 radical (unpaired) electrons. The first-order valence-corrected chi connectivity index (χ1v) is 8.55. The third-order valence-electron chi connectivity index (χ3n) is 4.02. The van der Waals surface area contributed by atoms with Crippen LogP contribution in [0.2, 0.25) is 0 Å². The molecule has 0 aliphatic rings. The molecule has 0 spiro atoms. The Morgan fingerprint density at radius 2 is 2.07 bits per heavy atom. The minimum atomic E-state index is -0.647. The molecule has 0 aliphatic carbocycles. The Bertz CT molecular complexity index is 1100. The highest BCUT2D eigenvalue weighted by Gasteiger charge is 2.18. The zero-order chi connectivity index (χ0) is 20.1. The number of carbonyl (C=O) groups is 1. The standard InChI is InChI=1S/C19H19N5O4/c1-3-9-23(16(25)12-24-10-13(2)18(26)21-19(24)27)11-15-20-17(22-28-15)14-7-5-4-6-8-14/h3-8,10H,1,9,11-12H2,2H3,(H,21,26,27). The third-order valence-corrected chi connectivity index (χ3v) is 4.02. The van der Waals surface area contributed by atoms with Gasteiger partial charge in [0.2, 0.25) is 17.6 Å². The number of nitrogens with zero attached hydrogens (tertiary/aromatic N) is 4. The number of hydrogen-bond acceptors (Lipinski definition) is 6. The number of aromatic amines is 1. The van der Waals surface area contributed by atoms with E-state index in [1.807, 2.05) is 30.3 Å². The van der Waals surface area contributed by atoms with Crippen LogP contribution in [0.4, 0.5) is 0 Å². The minimum Gasteiger partial charge on any atom is -0.337 e. The Hall–Kier alpha value is -3.75. The molecule has 9 heteroatoms. The second-order valence-electron chi connectivity index (χ2n) is 6.14. The normalized spacial score (nSPS) is 10.6. The van der Waals surface area contributed by atoms with Crippen LogP contribution in [-0.4, -0.2) is 37.0 Å². The molecule has 0 aliphatic heterocycles. The maximum atomic E-state index is 12.7. The van der Waals surface area contributed by atoms with E-state index in [0.29, 0.717) is 11.4 Å². The van der Waals surface area contributed by atoms with Crippen molar-refractivity contribution in [2.75, 3.05) is 6.54 Å². The molecule has 2 aromatic heterocycles. The molecule has 9 nitrogen and oxygen atoms in total. The highest BCUT2D eigenvalue weighted by Crippen LogP contribution is 2.15. The van der Waals surface area contributed by atoms with Crippen LogP contribution in [-0.2, 0) is 17.9 Å². The first-order chi connectivity index (χ1) is 13.5. The van der Waals surface area contributed by atoms with Crippen LogP contribution in [0.5, 0.6) is 0 Å². The van der Waals surface area contributed by atoms with Crippen molar-refractivity contribution in [2.24, 2.45) is 0 Å². The number of aromatic nitrogens is 4. The largest absolute Gasteiger partial charge is 0.337 e. The van der Waals surface area contributed by atoms with E-state index < -0.39 is 11.2 Å². The van der Waals surface area contributed by atoms with Crippen molar-refractivity contribution in [3.05, 3.63) is 81.5 Å². The number of amides is 1. The summed E-state index contributed by atoms with van der Waals surface area (Å²) in [7, 11) is 0. The Balaban J connectivity index is 1.76. The molecule has 3 aromatic rings. The van der Waals surface area contributed by atoms with Gasteiger partial charge in [-0.2, -0.15) is 4.98 Å².